The van der Waals surface area contributed by atoms with Crippen molar-refractivity contribution in [2.75, 3.05) is 11.9 Å². The Morgan fingerprint density at radius 3 is 3.06 bits per heavy atom. The molecule has 2 aromatic heterocycles. The van der Waals surface area contributed by atoms with Crippen molar-refractivity contribution in [2.45, 2.75) is 13.3 Å². The molecule has 0 unspecified atom stereocenters. The van der Waals surface area contributed by atoms with E-state index in [4.69, 9.17) is 4.42 Å². The normalized spacial score (nSPS) is 11.2. The number of anilines is 1. The fourth-order valence-electron chi connectivity index (χ4n) is 1.93. The molecule has 3 rings (SSSR count). The minimum absolute atomic E-state index is 0.255. The largest absolute Gasteiger partial charge is 0.449 e. The van der Waals surface area contributed by atoms with Gasteiger partial charge in [-0.05, 0) is 18.6 Å². The molecule has 0 saturated heterocycles. The molecule has 0 fully saturated rings. The van der Waals surface area contributed by atoms with Crippen LogP contribution in [0.3, 0.4) is 0 Å². The van der Waals surface area contributed by atoms with Gasteiger partial charge in [0.05, 0.1) is 0 Å². The van der Waals surface area contributed by atoms with Crippen LogP contribution in [0.15, 0.2) is 33.5 Å². The Kier molecular flexibility index (Phi) is 2.51. The van der Waals surface area contributed by atoms with Crippen LogP contribution in [0.2, 0.25) is 0 Å². The average Bonchev–Trinajstić information content (AvgIpc) is 2.76. The van der Waals surface area contributed by atoms with Crippen LogP contribution < -0.4 is 10.9 Å². The van der Waals surface area contributed by atoms with Gasteiger partial charge in [-0.25, -0.2) is 4.98 Å². The highest BCUT2D eigenvalue weighted by Gasteiger charge is 2.12. The molecular weight excluding hydrogens is 230 g/mol. The van der Waals surface area contributed by atoms with Crippen molar-refractivity contribution >= 4 is 28.0 Å². The second kappa shape index (κ2) is 4.18. The standard InChI is InChI=1S/C13H13N3O2/c1-2-7-14-13-15-10-8-5-3-4-6-9(8)18-11(10)12(17)16-13/h3-6H,2,7H2,1H3,(H2,14,15,16,17). The van der Waals surface area contributed by atoms with Crippen LogP contribution in [0.1, 0.15) is 13.3 Å². The number of fused-ring (bicyclic) bond motifs is 3. The van der Waals surface area contributed by atoms with Crippen LogP contribution >= 0.6 is 0 Å². The van der Waals surface area contributed by atoms with Crippen LogP contribution in [-0.2, 0) is 0 Å². The molecule has 1 aromatic carbocycles. The Bertz CT molecular complexity index is 758. The van der Waals surface area contributed by atoms with Gasteiger partial charge >= 0.3 is 0 Å². The predicted octanol–water partition coefficient (Wildman–Crippen LogP) is 2.49. The minimum Gasteiger partial charge on any atom is -0.449 e. The molecule has 2 N–H and O–H groups in total. The Hall–Kier alpha value is -2.30. The smallest absolute Gasteiger partial charge is 0.296 e. The van der Waals surface area contributed by atoms with Crippen molar-refractivity contribution in [3.63, 3.8) is 0 Å². The highest BCUT2D eigenvalue weighted by Crippen LogP contribution is 2.24. The summed E-state index contributed by atoms with van der Waals surface area (Å²) in [7, 11) is 0. The summed E-state index contributed by atoms with van der Waals surface area (Å²) in [5.74, 6) is 0.487. The fourth-order valence-corrected chi connectivity index (χ4v) is 1.93. The van der Waals surface area contributed by atoms with Crippen LogP contribution in [0.25, 0.3) is 22.1 Å². The summed E-state index contributed by atoms with van der Waals surface area (Å²) in [6, 6.07) is 7.50. The number of aromatic amines is 1. The summed E-state index contributed by atoms with van der Waals surface area (Å²) in [6.45, 7) is 2.82. The SMILES string of the molecule is CCCNc1nc2c(oc3ccccc32)c(=O)[nH]1. The first kappa shape index (κ1) is 10.8. The first-order chi connectivity index (χ1) is 8.79. The van der Waals surface area contributed by atoms with E-state index in [0.29, 0.717) is 17.0 Å². The number of benzene rings is 1. The molecule has 0 atom stereocenters. The summed E-state index contributed by atoms with van der Waals surface area (Å²) < 4.78 is 5.51. The molecule has 5 nitrogen and oxygen atoms in total. The summed E-state index contributed by atoms with van der Waals surface area (Å²) in [5, 5.41) is 3.93. The maximum Gasteiger partial charge on any atom is 0.296 e. The Morgan fingerprint density at radius 1 is 1.39 bits per heavy atom. The Balaban J connectivity index is 2.27. The maximum absolute atomic E-state index is 11.9. The summed E-state index contributed by atoms with van der Waals surface area (Å²) in [6.07, 6.45) is 0.966. The molecule has 0 radical (unpaired) electrons. The molecule has 0 spiro atoms. The van der Waals surface area contributed by atoms with Gasteiger partial charge in [0.1, 0.15) is 11.1 Å². The molecule has 0 aliphatic heterocycles. The van der Waals surface area contributed by atoms with Crippen molar-refractivity contribution in [3.8, 4) is 0 Å². The molecule has 5 heteroatoms. The number of rotatable bonds is 3. The second-order valence-corrected chi connectivity index (χ2v) is 4.12. The number of hydrogen-bond acceptors (Lipinski definition) is 4. The Morgan fingerprint density at radius 2 is 2.22 bits per heavy atom. The lowest BCUT2D eigenvalue weighted by Gasteiger charge is -2.02. The van der Waals surface area contributed by atoms with E-state index in [9.17, 15) is 4.79 Å². The lowest BCUT2D eigenvalue weighted by atomic mass is 10.2. The van der Waals surface area contributed by atoms with E-state index >= 15 is 0 Å². The molecule has 0 aliphatic rings. The van der Waals surface area contributed by atoms with Gasteiger partial charge < -0.3 is 9.73 Å². The van der Waals surface area contributed by atoms with Crippen LogP contribution in [0.4, 0.5) is 5.95 Å². The van der Waals surface area contributed by atoms with Crippen molar-refractivity contribution < 1.29 is 4.42 Å². The first-order valence-electron chi connectivity index (χ1n) is 5.95. The number of nitrogens with zero attached hydrogens (tertiary/aromatic N) is 1. The van der Waals surface area contributed by atoms with Gasteiger partial charge in [0.2, 0.25) is 11.5 Å². The van der Waals surface area contributed by atoms with Crippen LogP contribution in [0, 0.1) is 0 Å². The van der Waals surface area contributed by atoms with Crippen molar-refractivity contribution in [1.82, 2.24) is 9.97 Å². The molecule has 0 amide bonds. The third-order valence-electron chi connectivity index (χ3n) is 2.77. The number of para-hydroxylation sites is 1. The summed E-state index contributed by atoms with van der Waals surface area (Å²) in [4.78, 5) is 19.0. The summed E-state index contributed by atoms with van der Waals surface area (Å²) in [5.41, 5.74) is 1.30. The van der Waals surface area contributed by atoms with E-state index in [1.807, 2.05) is 24.3 Å². The topological polar surface area (TPSA) is 70.9 Å². The number of furan rings is 1. The zero-order chi connectivity index (χ0) is 12.5. The summed E-state index contributed by atoms with van der Waals surface area (Å²) >= 11 is 0. The van der Waals surface area contributed by atoms with Gasteiger partial charge in [0, 0.05) is 11.9 Å². The van der Waals surface area contributed by atoms with Gasteiger partial charge in [0.15, 0.2) is 0 Å². The quantitative estimate of drug-likeness (QED) is 0.741. The lowest BCUT2D eigenvalue weighted by Crippen LogP contribution is -2.12. The highest BCUT2D eigenvalue weighted by atomic mass is 16.3. The van der Waals surface area contributed by atoms with E-state index in [0.717, 1.165) is 18.4 Å². The number of hydrogen-bond donors (Lipinski definition) is 2. The molecule has 92 valence electrons. The molecule has 0 aliphatic carbocycles. The maximum atomic E-state index is 11.9. The van der Waals surface area contributed by atoms with Gasteiger partial charge in [0.25, 0.3) is 5.56 Å². The zero-order valence-corrected chi connectivity index (χ0v) is 9.99. The van der Waals surface area contributed by atoms with Gasteiger partial charge in [-0.15, -0.1) is 0 Å². The van der Waals surface area contributed by atoms with Crippen molar-refractivity contribution in [2.24, 2.45) is 0 Å². The molecule has 0 saturated carbocycles. The second-order valence-electron chi connectivity index (χ2n) is 4.12. The van der Waals surface area contributed by atoms with Crippen molar-refractivity contribution in [1.29, 1.82) is 0 Å². The van der Waals surface area contributed by atoms with Gasteiger partial charge in [-0.2, -0.15) is 0 Å². The predicted molar refractivity (Wildman–Crippen MR) is 70.9 cm³/mol. The van der Waals surface area contributed by atoms with Crippen molar-refractivity contribution in [3.05, 3.63) is 34.6 Å². The molecule has 18 heavy (non-hydrogen) atoms. The lowest BCUT2D eigenvalue weighted by molar-refractivity contribution is 0.661. The van der Waals surface area contributed by atoms with E-state index in [1.165, 1.54) is 0 Å². The molecular formula is C13H13N3O2. The van der Waals surface area contributed by atoms with E-state index < -0.39 is 0 Å². The van der Waals surface area contributed by atoms with E-state index in [-0.39, 0.29) is 11.1 Å². The number of H-pyrrole nitrogens is 1. The Labute approximate surface area is 103 Å². The molecule has 3 aromatic rings. The number of nitrogens with one attached hydrogen (secondary N) is 2. The zero-order valence-electron chi connectivity index (χ0n) is 9.99. The molecule has 0 bridgehead atoms. The van der Waals surface area contributed by atoms with E-state index in [2.05, 4.69) is 22.2 Å². The fraction of sp³-hybridized carbons (Fsp3) is 0.231. The first-order valence-corrected chi connectivity index (χ1v) is 5.95. The minimum atomic E-state index is -0.255. The van der Waals surface area contributed by atoms with Crippen LogP contribution in [0.5, 0.6) is 0 Å². The number of aromatic nitrogens is 2. The van der Waals surface area contributed by atoms with Gasteiger partial charge in [-0.3, -0.25) is 9.78 Å². The van der Waals surface area contributed by atoms with E-state index in [1.54, 1.807) is 0 Å². The monoisotopic (exact) mass is 243 g/mol. The van der Waals surface area contributed by atoms with Crippen LogP contribution in [-0.4, -0.2) is 16.5 Å². The third kappa shape index (κ3) is 1.64. The highest BCUT2D eigenvalue weighted by molar-refractivity contribution is 6.02. The third-order valence-corrected chi connectivity index (χ3v) is 2.77. The van der Waals surface area contributed by atoms with Gasteiger partial charge in [-0.1, -0.05) is 19.1 Å². The molecule has 2 heterocycles. The average molecular weight is 243 g/mol.